The summed E-state index contributed by atoms with van der Waals surface area (Å²) in [5, 5.41) is 7.25. The average Bonchev–Trinajstić information content (AvgIpc) is 3.04. The van der Waals surface area contributed by atoms with E-state index in [4.69, 9.17) is 4.74 Å². The van der Waals surface area contributed by atoms with Gasteiger partial charge in [-0.2, -0.15) is 5.10 Å². The molecule has 0 spiro atoms. The summed E-state index contributed by atoms with van der Waals surface area (Å²) in [6.07, 6.45) is 0.691. The second kappa shape index (κ2) is 8.35. The third kappa shape index (κ3) is 4.54. The molecule has 0 radical (unpaired) electrons. The maximum Gasteiger partial charge on any atom is 0.269 e. The molecule has 0 atom stereocenters. The van der Waals surface area contributed by atoms with Gasteiger partial charge in [0.15, 0.2) is 0 Å². The third-order valence-electron chi connectivity index (χ3n) is 4.17. The van der Waals surface area contributed by atoms with E-state index in [0.29, 0.717) is 24.4 Å². The highest BCUT2D eigenvalue weighted by molar-refractivity contribution is 9.10. The van der Waals surface area contributed by atoms with Crippen molar-refractivity contribution in [3.63, 3.8) is 0 Å². The van der Waals surface area contributed by atoms with E-state index in [2.05, 4.69) is 26.3 Å². The molecule has 0 aliphatic carbocycles. The number of aromatic nitrogens is 2. The van der Waals surface area contributed by atoms with Crippen LogP contribution in [0.15, 0.2) is 53.0 Å². The van der Waals surface area contributed by atoms with Crippen LogP contribution in [0.25, 0.3) is 11.3 Å². The van der Waals surface area contributed by atoms with E-state index >= 15 is 0 Å². The summed E-state index contributed by atoms with van der Waals surface area (Å²) >= 11 is 3.46. The van der Waals surface area contributed by atoms with Crippen LogP contribution in [0.5, 0.6) is 5.75 Å². The quantitative estimate of drug-likeness (QED) is 0.642. The second-order valence-electron chi connectivity index (χ2n) is 6.02. The molecule has 0 unspecified atom stereocenters. The first kappa shape index (κ1) is 19.1. The van der Waals surface area contributed by atoms with Gasteiger partial charge in [-0.25, -0.2) is 4.39 Å². The lowest BCUT2D eigenvalue weighted by Crippen LogP contribution is -2.27. The Morgan fingerprint density at radius 1 is 1.22 bits per heavy atom. The molecule has 0 saturated carbocycles. The number of ether oxygens (including phenoxy) is 1. The molecule has 3 aromatic rings. The number of hydrogen-bond acceptors (Lipinski definition) is 3. The lowest BCUT2D eigenvalue weighted by atomic mass is 10.1. The van der Waals surface area contributed by atoms with Crippen molar-refractivity contribution in [1.82, 2.24) is 15.1 Å². The fourth-order valence-electron chi connectivity index (χ4n) is 2.72. The van der Waals surface area contributed by atoms with Gasteiger partial charge in [0.25, 0.3) is 5.91 Å². The first-order chi connectivity index (χ1) is 13.0. The van der Waals surface area contributed by atoms with Crippen molar-refractivity contribution in [2.75, 3.05) is 13.7 Å². The molecule has 27 heavy (non-hydrogen) atoms. The number of nitrogens with zero attached hydrogens (tertiary/aromatic N) is 2. The Morgan fingerprint density at radius 3 is 2.63 bits per heavy atom. The summed E-state index contributed by atoms with van der Waals surface area (Å²) in [5.74, 6) is 0.259. The van der Waals surface area contributed by atoms with Crippen molar-refractivity contribution in [1.29, 1.82) is 0 Å². The largest absolute Gasteiger partial charge is 0.496 e. The van der Waals surface area contributed by atoms with E-state index in [0.717, 1.165) is 21.3 Å². The summed E-state index contributed by atoms with van der Waals surface area (Å²) in [6, 6.07) is 13.5. The molecule has 5 nitrogen and oxygen atoms in total. The number of carbonyl (C=O) groups is 1. The summed E-state index contributed by atoms with van der Waals surface area (Å²) in [4.78, 5) is 12.5. The highest BCUT2D eigenvalue weighted by atomic mass is 79.9. The van der Waals surface area contributed by atoms with E-state index in [1.54, 1.807) is 32.4 Å². The van der Waals surface area contributed by atoms with Crippen LogP contribution in [0.3, 0.4) is 0 Å². The van der Waals surface area contributed by atoms with Crippen LogP contribution in [0.2, 0.25) is 0 Å². The van der Waals surface area contributed by atoms with Crippen molar-refractivity contribution in [3.05, 3.63) is 70.1 Å². The van der Waals surface area contributed by atoms with Gasteiger partial charge in [-0.05, 0) is 70.4 Å². The minimum absolute atomic E-state index is 0.203. The molecule has 7 heteroatoms. The Morgan fingerprint density at radius 2 is 1.96 bits per heavy atom. The Labute approximate surface area is 165 Å². The van der Waals surface area contributed by atoms with Gasteiger partial charge in [0, 0.05) is 19.2 Å². The molecule has 3 rings (SSSR count). The fourth-order valence-corrected chi connectivity index (χ4v) is 3.31. The lowest BCUT2D eigenvalue weighted by Gasteiger charge is -2.08. The van der Waals surface area contributed by atoms with Gasteiger partial charge in [-0.15, -0.1) is 0 Å². The molecule has 0 saturated heterocycles. The highest BCUT2D eigenvalue weighted by Crippen LogP contribution is 2.25. The average molecular weight is 432 g/mol. The number of benzene rings is 2. The second-order valence-corrected chi connectivity index (χ2v) is 6.87. The van der Waals surface area contributed by atoms with Gasteiger partial charge < -0.3 is 10.1 Å². The zero-order valence-electron chi connectivity index (χ0n) is 15.0. The minimum atomic E-state index is -0.308. The lowest BCUT2D eigenvalue weighted by molar-refractivity contribution is 0.0944. The van der Waals surface area contributed by atoms with Gasteiger partial charge in [0.05, 0.1) is 17.3 Å². The number of hydrogen-bond donors (Lipinski definition) is 1. The number of halogens is 2. The van der Waals surface area contributed by atoms with Crippen LogP contribution in [-0.4, -0.2) is 29.3 Å². The van der Waals surface area contributed by atoms with Gasteiger partial charge >= 0.3 is 0 Å². The van der Waals surface area contributed by atoms with Crippen LogP contribution < -0.4 is 10.1 Å². The molecule has 140 valence electrons. The highest BCUT2D eigenvalue weighted by Gasteiger charge is 2.14. The Hall–Kier alpha value is -2.67. The molecule has 0 aliphatic rings. The fraction of sp³-hybridized carbons (Fsp3) is 0.200. The van der Waals surface area contributed by atoms with E-state index in [1.807, 2.05) is 18.2 Å². The van der Waals surface area contributed by atoms with Crippen molar-refractivity contribution < 1.29 is 13.9 Å². The molecular weight excluding hydrogens is 413 g/mol. The maximum absolute atomic E-state index is 13.1. The Balaban J connectivity index is 1.63. The van der Waals surface area contributed by atoms with E-state index in [9.17, 15) is 9.18 Å². The van der Waals surface area contributed by atoms with Gasteiger partial charge in [0.1, 0.15) is 17.3 Å². The molecule has 0 bridgehead atoms. The Bertz CT molecular complexity index is 954. The number of rotatable bonds is 6. The van der Waals surface area contributed by atoms with Gasteiger partial charge in [-0.3, -0.25) is 9.48 Å². The van der Waals surface area contributed by atoms with E-state index in [-0.39, 0.29) is 11.7 Å². The topological polar surface area (TPSA) is 56.1 Å². The molecule has 0 aliphatic heterocycles. The summed E-state index contributed by atoms with van der Waals surface area (Å²) < 4.78 is 20.7. The SMILES string of the molecule is COc1ccc(CCNC(=O)c2cc(-c3ccc(F)cc3)nn2C)cc1Br. The van der Waals surface area contributed by atoms with Gasteiger partial charge in [0.2, 0.25) is 0 Å². The van der Waals surface area contributed by atoms with Crippen molar-refractivity contribution in [3.8, 4) is 17.0 Å². The molecule has 2 aromatic carbocycles. The zero-order chi connectivity index (χ0) is 19.4. The first-order valence-corrected chi connectivity index (χ1v) is 9.18. The predicted molar refractivity (Wildman–Crippen MR) is 105 cm³/mol. The normalized spacial score (nSPS) is 10.7. The summed E-state index contributed by atoms with van der Waals surface area (Å²) in [6.45, 7) is 0.495. The molecule has 1 amide bonds. The maximum atomic E-state index is 13.1. The van der Waals surface area contributed by atoms with Crippen molar-refractivity contribution in [2.45, 2.75) is 6.42 Å². The van der Waals surface area contributed by atoms with Crippen LogP contribution in [0.4, 0.5) is 4.39 Å². The standard InChI is InChI=1S/C20H19BrFN3O2/c1-25-18(12-17(24-25)14-4-6-15(22)7-5-14)20(26)23-10-9-13-3-8-19(27-2)16(21)11-13/h3-8,11-12H,9-10H2,1-2H3,(H,23,26). The van der Waals surface area contributed by atoms with Crippen LogP contribution in [0, 0.1) is 5.82 Å². The Kier molecular flexibility index (Phi) is 5.91. The number of methoxy groups -OCH3 is 1. The summed E-state index contributed by atoms with van der Waals surface area (Å²) in [7, 11) is 3.33. The smallest absolute Gasteiger partial charge is 0.269 e. The number of carbonyl (C=O) groups excluding carboxylic acids is 1. The van der Waals surface area contributed by atoms with Crippen LogP contribution in [0.1, 0.15) is 16.1 Å². The predicted octanol–water partition coefficient (Wildman–Crippen LogP) is 3.97. The first-order valence-electron chi connectivity index (χ1n) is 8.38. The van der Waals surface area contributed by atoms with Gasteiger partial charge in [-0.1, -0.05) is 6.07 Å². The minimum Gasteiger partial charge on any atom is -0.496 e. The number of amides is 1. The third-order valence-corrected chi connectivity index (χ3v) is 4.79. The molecule has 1 N–H and O–H groups in total. The number of aryl methyl sites for hydroxylation is 1. The molecule has 0 fully saturated rings. The van der Waals surface area contributed by atoms with Crippen molar-refractivity contribution >= 4 is 21.8 Å². The molecule has 1 aromatic heterocycles. The monoisotopic (exact) mass is 431 g/mol. The molecular formula is C20H19BrFN3O2. The zero-order valence-corrected chi connectivity index (χ0v) is 16.6. The van der Waals surface area contributed by atoms with E-state index < -0.39 is 0 Å². The van der Waals surface area contributed by atoms with Crippen molar-refractivity contribution in [2.24, 2.45) is 7.05 Å². The molecule has 1 heterocycles. The van der Waals surface area contributed by atoms with Crippen LogP contribution >= 0.6 is 15.9 Å². The number of nitrogens with one attached hydrogen (secondary N) is 1. The van der Waals surface area contributed by atoms with E-state index in [1.165, 1.54) is 16.8 Å². The van der Waals surface area contributed by atoms with Crippen LogP contribution in [-0.2, 0) is 13.5 Å². The summed E-state index contributed by atoms with van der Waals surface area (Å²) in [5.41, 5.74) is 2.92.